The molecule has 92 valence electrons. The first-order chi connectivity index (χ1) is 8.20. The lowest BCUT2D eigenvalue weighted by molar-refractivity contribution is 0.302. The molecule has 1 fully saturated rings. The Morgan fingerprint density at radius 3 is 2.71 bits per heavy atom. The van der Waals surface area contributed by atoms with Crippen molar-refractivity contribution in [3.63, 3.8) is 0 Å². The first-order valence-electron chi connectivity index (χ1n) is 5.87. The Morgan fingerprint density at radius 2 is 2.12 bits per heavy atom. The van der Waals surface area contributed by atoms with Gasteiger partial charge in [0.25, 0.3) is 0 Å². The zero-order valence-electron chi connectivity index (χ0n) is 9.93. The molecule has 0 aromatic heterocycles. The Morgan fingerprint density at radius 1 is 1.35 bits per heavy atom. The second kappa shape index (κ2) is 5.43. The van der Waals surface area contributed by atoms with Crippen LogP contribution in [0.25, 0.3) is 0 Å². The van der Waals surface area contributed by atoms with Gasteiger partial charge in [-0.15, -0.1) is 0 Å². The topological polar surface area (TPSA) is 58.9 Å². The molecule has 0 radical (unpaired) electrons. The minimum Gasteiger partial charge on any atom is -0.497 e. The van der Waals surface area contributed by atoms with Gasteiger partial charge in [-0.3, -0.25) is 0 Å². The summed E-state index contributed by atoms with van der Waals surface area (Å²) in [6.07, 6.45) is 3.62. The van der Waals surface area contributed by atoms with Crippen molar-refractivity contribution in [3.8, 4) is 11.5 Å². The molecule has 17 heavy (non-hydrogen) atoms. The lowest BCUT2D eigenvalue weighted by atomic mass is 9.79. The molecule has 2 rings (SSSR count). The van der Waals surface area contributed by atoms with E-state index in [1.165, 1.54) is 20.0 Å². The van der Waals surface area contributed by atoms with Crippen LogP contribution >= 0.6 is 0 Å². The molecule has 1 aliphatic rings. The van der Waals surface area contributed by atoms with Crippen LogP contribution in [0, 0.1) is 5.92 Å². The van der Waals surface area contributed by atoms with Crippen LogP contribution in [0.2, 0.25) is 0 Å². The maximum atomic E-state index is 9.27. The Balaban J connectivity index is 2.02. The first-order valence-corrected chi connectivity index (χ1v) is 5.87. The fourth-order valence-electron chi connectivity index (χ4n) is 1.73. The van der Waals surface area contributed by atoms with Gasteiger partial charge >= 0.3 is 7.12 Å². The summed E-state index contributed by atoms with van der Waals surface area (Å²) in [7, 11) is -0.00253. The van der Waals surface area contributed by atoms with Gasteiger partial charge in [-0.05, 0) is 30.5 Å². The van der Waals surface area contributed by atoms with E-state index in [1.54, 1.807) is 18.2 Å². The van der Waals surface area contributed by atoms with Gasteiger partial charge in [0.05, 0.1) is 13.7 Å². The number of rotatable bonds is 6. The monoisotopic (exact) mass is 236 g/mol. The Hall–Kier alpha value is -1.20. The van der Waals surface area contributed by atoms with Crippen molar-refractivity contribution in [1.29, 1.82) is 0 Å². The van der Waals surface area contributed by atoms with Crippen LogP contribution in [0.15, 0.2) is 18.2 Å². The van der Waals surface area contributed by atoms with E-state index in [2.05, 4.69) is 0 Å². The van der Waals surface area contributed by atoms with E-state index in [4.69, 9.17) is 9.47 Å². The molecule has 1 aromatic carbocycles. The van der Waals surface area contributed by atoms with Crippen molar-refractivity contribution in [3.05, 3.63) is 18.2 Å². The molecular formula is C12H17BO4. The third-order valence-corrected chi connectivity index (χ3v) is 2.98. The number of hydrogen-bond acceptors (Lipinski definition) is 4. The Labute approximate surface area is 101 Å². The van der Waals surface area contributed by atoms with Crippen LogP contribution in [-0.2, 0) is 0 Å². The largest absolute Gasteiger partial charge is 0.497 e. The van der Waals surface area contributed by atoms with Gasteiger partial charge in [0.2, 0.25) is 0 Å². The third-order valence-electron chi connectivity index (χ3n) is 2.98. The third kappa shape index (κ3) is 3.38. The predicted molar refractivity (Wildman–Crippen MR) is 65.7 cm³/mol. The summed E-state index contributed by atoms with van der Waals surface area (Å²) < 4.78 is 10.6. The molecule has 1 aromatic rings. The molecule has 0 saturated heterocycles. The maximum Gasteiger partial charge on any atom is 0.492 e. The molecule has 1 aliphatic carbocycles. The van der Waals surface area contributed by atoms with Crippen molar-refractivity contribution in [2.75, 3.05) is 13.7 Å². The molecule has 0 aliphatic heterocycles. The highest BCUT2D eigenvalue weighted by atomic mass is 16.5. The molecule has 0 amide bonds. The minimum atomic E-state index is -1.54. The number of methoxy groups -OCH3 is 1. The summed E-state index contributed by atoms with van der Waals surface area (Å²) in [6.45, 7) is 0.622. The highest BCUT2D eigenvalue weighted by molar-refractivity contribution is 6.59. The molecule has 1 saturated carbocycles. The lowest BCUT2D eigenvalue weighted by Gasteiger charge is -2.12. The zero-order chi connectivity index (χ0) is 12.3. The van der Waals surface area contributed by atoms with E-state index < -0.39 is 7.12 Å². The van der Waals surface area contributed by atoms with E-state index in [9.17, 15) is 10.0 Å². The van der Waals surface area contributed by atoms with Gasteiger partial charge in [-0.1, -0.05) is 12.8 Å². The fourth-order valence-corrected chi connectivity index (χ4v) is 1.73. The smallest absolute Gasteiger partial charge is 0.492 e. The van der Waals surface area contributed by atoms with Gasteiger partial charge in [-0.25, -0.2) is 0 Å². The minimum absolute atomic E-state index is 0.347. The number of hydrogen-bond donors (Lipinski definition) is 2. The van der Waals surface area contributed by atoms with Crippen molar-refractivity contribution in [1.82, 2.24) is 0 Å². The van der Waals surface area contributed by atoms with E-state index in [0.29, 0.717) is 23.6 Å². The Bertz CT molecular complexity index is 377. The van der Waals surface area contributed by atoms with E-state index in [1.807, 2.05) is 0 Å². The van der Waals surface area contributed by atoms with E-state index in [-0.39, 0.29) is 0 Å². The van der Waals surface area contributed by atoms with Crippen molar-refractivity contribution in [2.45, 2.75) is 19.3 Å². The fraction of sp³-hybridized carbons (Fsp3) is 0.500. The van der Waals surface area contributed by atoms with E-state index >= 15 is 0 Å². The summed E-state index contributed by atoms with van der Waals surface area (Å²) in [6, 6.07) is 5.04. The summed E-state index contributed by atoms with van der Waals surface area (Å²) in [5.41, 5.74) is 0.347. The normalized spacial score (nSPS) is 14.5. The molecule has 4 nitrogen and oxygen atoms in total. The summed E-state index contributed by atoms with van der Waals surface area (Å²) >= 11 is 0. The highest BCUT2D eigenvalue weighted by Crippen LogP contribution is 2.32. The van der Waals surface area contributed by atoms with Crippen molar-refractivity contribution in [2.24, 2.45) is 5.92 Å². The lowest BCUT2D eigenvalue weighted by Crippen LogP contribution is -2.31. The van der Waals surface area contributed by atoms with Gasteiger partial charge in [0.1, 0.15) is 11.5 Å². The summed E-state index contributed by atoms with van der Waals surface area (Å²) in [5.74, 6) is 1.90. The van der Waals surface area contributed by atoms with Gasteiger partial charge in [0.15, 0.2) is 0 Å². The molecule has 5 heteroatoms. The molecule has 0 spiro atoms. The summed E-state index contributed by atoms with van der Waals surface area (Å²) in [5, 5.41) is 18.5. The quantitative estimate of drug-likeness (QED) is 0.708. The van der Waals surface area contributed by atoms with Crippen LogP contribution in [-0.4, -0.2) is 30.9 Å². The summed E-state index contributed by atoms with van der Waals surface area (Å²) in [4.78, 5) is 0. The molecule has 2 N–H and O–H groups in total. The highest BCUT2D eigenvalue weighted by Gasteiger charge is 2.22. The zero-order valence-corrected chi connectivity index (χ0v) is 9.93. The SMILES string of the molecule is COc1ccc(OCCC2CC2)c(B(O)O)c1. The second-order valence-corrected chi connectivity index (χ2v) is 4.36. The Kier molecular flexibility index (Phi) is 3.91. The number of benzene rings is 1. The van der Waals surface area contributed by atoms with Gasteiger partial charge < -0.3 is 19.5 Å². The van der Waals surface area contributed by atoms with Crippen LogP contribution < -0.4 is 14.9 Å². The second-order valence-electron chi connectivity index (χ2n) is 4.36. The standard InChI is InChI=1S/C12H17BO4/c1-16-10-4-5-12(11(8-10)13(14)15)17-7-6-9-2-3-9/h4-5,8-9,14-15H,2-3,6-7H2,1H3. The molecule has 0 bridgehead atoms. The first kappa shape index (κ1) is 12.3. The molecule has 0 heterocycles. The van der Waals surface area contributed by atoms with Gasteiger partial charge in [-0.2, -0.15) is 0 Å². The van der Waals surface area contributed by atoms with Crippen molar-refractivity contribution >= 4 is 12.6 Å². The van der Waals surface area contributed by atoms with Gasteiger partial charge in [0, 0.05) is 5.46 Å². The number of ether oxygens (including phenoxy) is 2. The van der Waals surface area contributed by atoms with Crippen molar-refractivity contribution < 1.29 is 19.5 Å². The molecule has 0 unspecified atom stereocenters. The van der Waals surface area contributed by atoms with Crippen LogP contribution in [0.1, 0.15) is 19.3 Å². The molecule has 0 atom stereocenters. The van der Waals surface area contributed by atoms with E-state index in [0.717, 1.165) is 12.3 Å². The van der Waals surface area contributed by atoms with Crippen LogP contribution in [0.3, 0.4) is 0 Å². The van der Waals surface area contributed by atoms with Crippen LogP contribution in [0.5, 0.6) is 11.5 Å². The maximum absolute atomic E-state index is 9.27. The average molecular weight is 236 g/mol. The van der Waals surface area contributed by atoms with Crippen LogP contribution in [0.4, 0.5) is 0 Å². The predicted octanol–water partition coefficient (Wildman–Crippen LogP) is 0.554. The molecular weight excluding hydrogens is 219 g/mol. The average Bonchev–Trinajstić information content (AvgIpc) is 3.13.